The number of thiophene rings is 1. The van der Waals surface area contributed by atoms with Crippen LogP contribution in [0.4, 0.5) is 4.39 Å². The van der Waals surface area contributed by atoms with Crippen molar-refractivity contribution in [3.05, 3.63) is 57.5 Å². The van der Waals surface area contributed by atoms with Gasteiger partial charge in [-0.15, -0.1) is 11.3 Å². The van der Waals surface area contributed by atoms with E-state index in [0.717, 1.165) is 4.88 Å². The van der Waals surface area contributed by atoms with Crippen molar-refractivity contribution in [2.24, 2.45) is 0 Å². The Labute approximate surface area is 91.2 Å². The molecule has 0 saturated carbocycles. The highest BCUT2D eigenvalue weighted by Crippen LogP contribution is 2.20. The molecule has 0 amide bonds. The van der Waals surface area contributed by atoms with Gasteiger partial charge in [-0.05, 0) is 31.2 Å². The summed E-state index contributed by atoms with van der Waals surface area (Å²) in [7, 11) is 0. The molecule has 0 atom stereocenters. The minimum absolute atomic E-state index is 0.138. The molecule has 1 nitrogen and oxygen atoms in total. The molecule has 0 fully saturated rings. The summed E-state index contributed by atoms with van der Waals surface area (Å²) < 4.78 is 13.3. The summed E-state index contributed by atoms with van der Waals surface area (Å²) in [4.78, 5) is 13.5. The number of carbonyl (C=O) groups is 1. The fourth-order valence-corrected chi connectivity index (χ4v) is 2.16. The van der Waals surface area contributed by atoms with Gasteiger partial charge >= 0.3 is 0 Å². The lowest BCUT2D eigenvalue weighted by Crippen LogP contribution is -2.01. The Kier molecular flexibility index (Phi) is 2.64. The minimum Gasteiger partial charge on any atom is -0.288 e. The smallest absolute Gasteiger partial charge is 0.205 e. The molecular formula is C12H9FOS. The van der Waals surface area contributed by atoms with Crippen molar-refractivity contribution < 1.29 is 9.18 Å². The SMILES string of the molecule is Cc1ccc(C(=O)c2ccccc2F)s1. The van der Waals surface area contributed by atoms with Crippen LogP contribution in [0.5, 0.6) is 0 Å². The van der Waals surface area contributed by atoms with Crippen LogP contribution in [0.15, 0.2) is 36.4 Å². The summed E-state index contributed by atoms with van der Waals surface area (Å²) in [5.41, 5.74) is 0.138. The Balaban J connectivity index is 2.41. The molecule has 0 aliphatic rings. The van der Waals surface area contributed by atoms with Crippen LogP contribution in [0.25, 0.3) is 0 Å². The first-order chi connectivity index (χ1) is 7.18. The van der Waals surface area contributed by atoms with Crippen LogP contribution in [0.2, 0.25) is 0 Å². The summed E-state index contributed by atoms with van der Waals surface area (Å²) >= 11 is 1.38. The van der Waals surface area contributed by atoms with Gasteiger partial charge in [-0.3, -0.25) is 4.79 Å². The van der Waals surface area contributed by atoms with Crippen LogP contribution >= 0.6 is 11.3 Å². The molecule has 0 saturated heterocycles. The maximum atomic E-state index is 13.3. The number of carbonyl (C=O) groups excluding carboxylic acids is 1. The summed E-state index contributed by atoms with van der Waals surface area (Å²) in [6.07, 6.45) is 0. The molecule has 15 heavy (non-hydrogen) atoms. The molecule has 2 aromatic rings. The Morgan fingerprint density at radius 1 is 1.20 bits per heavy atom. The number of rotatable bonds is 2. The standard InChI is InChI=1S/C12H9FOS/c1-8-6-7-11(15-8)12(14)9-4-2-3-5-10(9)13/h2-7H,1H3. The second kappa shape index (κ2) is 3.95. The third-order valence-electron chi connectivity index (χ3n) is 2.08. The molecule has 0 radical (unpaired) electrons. The molecule has 0 aliphatic heterocycles. The second-order valence-electron chi connectivity index (χ2n) is 3.22. The van der Waals surface area contributed by atoms with Gasteiger partial charge in [0.25, 0.3) is 0 Å². The van der Waals surface area contributed by atoms with Crippen molar-refractivity contribution in [2.45, 2.75) is 6.92 Å². The van der Waals surface area contributed by atoms with Crippen LogP contribution in [0, 0.1) is 12.7 Å². The number of hydrogen-bond acceptors (Lipinski definition) is 2. The van der Waals surface area contributed by atoms with Crippen LogP contribution in [-0.4, -0.2) is 5.78 Å². The number of halogens is 1. The van der Waals surface area contributed by atoms with E-state index in [-0.39, 0.29) is 11.3 Å². The van der Waals surface area contributed by atoms with Gasteiger partial charge in [-0.2, -0.15) is 0 Å². The van der Waals surface area contributed by atoms with Gasteiger partial charge in [0.05, 0.1) is 10.4 Å². The first kappa shape index (κ1) is 10.1. The first-order valence-electron chi connectivity index (χ1n) is 4.54. The highest BCUT2D eigenvalue weighted by Gasteiger charge is 2.14. The third-order valence-corrected chi connectivity index (χ3v) is 3.08. The van der Waals surface area contributed by atoms with E-state index in [1.165, 1.54) is 23.5 Å². The molecule has 76 valence electrons. The Morgan fingerprint density at radius 3 is 2.53 bits per heavy atom. The number of hydrogen-bond donors (Lipinski definition) is 0. The van der Waals surface area contributed by atoms with E-state index in [0.29, 0.717) is 4.88 Å². The topological polar surface area (TPSA) is 17.1 Å². The van der Waals surface area contributed by atoms with Gasteiger partial charge in [0, 0.05) is 4.88 Å². The second-order valence-corrected chi connectivity index (χ2v) is 4.51. The van der Waals surface area contributed by atoms with Crippen molar-refractivity contribution in [3.63, 3.8) is 0 Å². The molecule has 3 heteroatoms. The number of ketones is 1. The van der Waals surface area contributed by atoms with E-state index < -0.39 is 5.82 Å². The average molecular weight is 220 g/mol. The molecule has 0 N–H and O–H groups in total. The van der Waals surface area contributed by atoms with Gasteiger partial charge in [-0.25, -0.2) is 4.39 Å². The molecule has 0 aliphatic carbocycles. The number of benzene rings is 1. The van der Waals surface area contributed by atoms with Gasteiger partial charge in [-0.1, -0.05) is 12.1 Å². The lowest BCUT2D eigenvalue weighted by Gasteiger charge is -1.98. The third kappa shape index (κ3) is 1.97. The van der Waals surface area contributed by atoms with Crippen molar-refractivity contribution in [2.75, 3.05) is 0 Å². The Hall–Kier alpha value is -1.48. The first-order valence-corrected chi connectivity index (χ1v) is 5.36. The molecule has 0 unspecified atom stereocenters. The fraction of sp³-hybridized carbons (Fsp3) is 0.0833. The molecule has 0 bridgehead atoms. The monoisotopic (exact) mass is 220 g/mol. The summed E-state index contributed by atoms with van der Waals surface area (Å²) in [6.45, 7) is 1.92. The van der Waals surface area contributed by atoms with E-state index in [9.17, 15) is 9.18 Å². The molecule has 1 heterocycles. The quantitative estimate of drug-likeness (QED) is 0.709. The molecule has 0 spiro atoms. The summed E-state index contributed by atoms with van der Waals surface area (Å²) in [6, 6.07) is 9.64. The maximum absolute atomic E-state index is 13.3. The van der Waals surface area contributed by atoms with Gasteiger partial charge in [0.1, 0.15) is 5.82 Å². The van der Waals surface area contributed by atoms with Crippen LogP contribution in [-0.2, 0) is 0 Å². The van der Waals surface area contributed by atoms with Crippen LogP contribution < -0.4 is 0 Å². The highest BCUT2D eigenvalue weighted by molar-refractivity contribution is 7.14. The van der Waals surface area contributed by atoms with E-state index >= 15 is 0 Å². The van der Waals surface area contributed by atoms with Crippen molar-refractivity contribution in [3.8, 4) is 0 Å². The van der Waals surface area contributed by atoms with E-state index in [2.05, 4.69) is 0 Å². The predicted octanol–water partition coefficient (Wildman–Crippen LogP) is 3.43. The Bertz CT molecular complexity index is 502. The van der Waals surface area contributed by atoms with Crippen molar-refractivity contribution >= 4 is 17.1 Å². The highest BCUT2D eigenvalue weighted by atomic mass is 32.1. The zero-order valence-electron chi connectivity index (χ0n) is 8.16. The van der Waals surface area contributed by atoms with E-state index in [4.69, 9.17) is 0 Å². The van der Waals surface area contributed by atoms with E-state index in [1.54, 1.807) is 18.2 Å². The summed E-state index contributed by atoms with van der Waals surface area (Å²) in [5, 5.41) is 0. The Morgan fingerprint density at radius 2 is 1.93 bits per heavy atom. The van der Waals surface area contributed by atoms with E-state index in [1.807, 2.05) is 13.0 Å². The molecule has 2 rings (SSSR count). The fourth-order valence-electron chi connectivity index (χ4n) is 1.33. The summed E-state index contributed by atoms with van der Waals surface area (Å²) in [5.74, 6) is -0.709. The lowest BCUT2D eigenvalue weighted by atomic mass is 10.1. The minimum atomic E-state index is -0.464. The molecule has 1 aromatic heterocycles. The molecular weight excluding hydrogens is 211 g/mol. The van der Waals surface area contributed by atoms with Crippen molar-refractivity contribution in [1.82, 2.24) is 0 Å². The zero-order valence-corrected chi connectivity index (χ0v) is 8.98. The van der Waals surface area contributed by atoms with Crippen molar-refractivity contribution in [1.29, 1.82) is 0 Å². The van der Waals surface area contributed by atoms with Gasteiger partial charge in [0.2, 0.25) is 5.78 Å². The predicted molar refractivity (Wildman–Crippen MR) is 58.9 cm³/mol. The number of aryl methyl sites for hydroxylation is 1. The van der Waals surface area contributed by atoms with Crippen LogP contribution in [0.1, 0.15) is 20.1 Å². The van der Waals surface area contributed by atoms with Crippen LogP contribution in [0.3, 0.4) is 0 Å². The molecule has 1 aromatic carbocycles. The maximum Gasteiger partial charge on any atom is 0.205 e. The average Bonchev–Trinajstić information content (AvgIpc) is 2.65. The largest absolute Gasteiger partial charge is 0.288 e. The van der Waals surface area contributed by atoms with Gasteiger partial charge in [0.15, 0.2) is 0 Å². The van der Waals surface area contributed by atoms with Gasteiger partial charge < -0.3 is 0 Å². The normalized spacial score (nSPS) is 10.3. The lowest BCUT2D eigenvalue weighted by molar-refractivity contribution is 0.103. The zero-order chi connectivity index (χ0) is 10.8.